The highest BCUT2D eigenvalue weighted by Crippen LogP contribution is 2.25. The van der Waals surface area contributed by atoms with Gasteiger partial charge in [-0.15, -0.1) is 0 Å². The lowest BCUT2D eigenvalue weighted by molar-refractivity contribution is -0.124. The van der Waals surface area contributed by atoms with E-state index in [-0.39, 0.29) is 11.9 Å². The Morgan fingerprint density at radius 2 is 1.74 bits per heavy atom. The average molecular weight is 493 g/mol. The van der Waals surface area contributed by atoms with Gasteiger partial charge in [-0.2, -0.15) is 0 Å². The van der Waals surface area contributed by atoms with E-state index < -0.39 is 5.91 Å². The first-order chi connectivity index (χ1) is 17.0. The molecule has 1 fully saturated rings. The third-order valence-electron chi connectivity index (χ3n) is 5.60. The van der Waals surface area contributed by atoms with Crippen LogP contribution in [0.4, 0.5) is 5.82 Å². The van der Waals surface area contributed by atoms with Crippen LogP contribution in [0.5, 0.6) is 11.5 Å². The molecule has 8 nitrogen and oxygen atoms in total. The van der Waals surface area contributed by atoms with Crippen LogP contribution >= 0.6 is 11.6 Å². The molecule has 2 aromatic carbocycles. The molecule has 0 radical (unpaired) electrons. The Bertz CT molecular complexity index is 1190. The second-order valence-corrected chi connectivity index (χ2v) is 8.47. The molecule has 1 aliphatic rings. The second-order valence-electron chi connectivity index (χ2n) is 8.06. The Kier molecular flexibility index (Phi) is 7.97. The summed E-state index contributed by atoms with van der Waals surface area (Å²) < 4.78 is 5.79. The van der Waals surface area contributed by atoms with E-state index in [0.717, 1.165) is 18.6 Å². The van der Waals surface area contributed by atoms with Crippen molar-refractivity contribution in [3.63, 3.8) is 0 Å². The van der Waals surface area contributed by atoms with Crippen molar-refractivity contribution >= 4 is 35.3 Å². The largest absolute Gasteiger partial charge is 0.457 e. The maximum absolute atomic E-state index is 12.9. The van der Waals surface area contributed by atoms with Gasteiger partial charge in [0.25, 0.3) is 11.8 Å². The number of ether oxygens (including phenoxy) is 1. The number of hydroxylamine groups is 1. The number of rotatable bonds is 7. The van der Waals surface area contributed by atoms with Gasteiger partial charge in [0.15, 0.2) is 0 Å². The fraction of sp³-hybridized carbons (Fsp3) is 0.192. The molecule has 0 bridgehead atoms. The number of pyridine rings is 1. The zero-order chi connectivity index (χ0) is 24.6. The predicted octanol–water partition coefficient (Wildman–Crippen LogP) is 4.76. The van der Waals surface area contributed by atoms with E-state index in [9.17, 15) is 9.59 Å². The topological polar surface area (TPSA) is 104 Å². The number of carbonyl (C=O) groups excluding carboxylic acids is 2. The number of aromatic nitrogens is 1. The van der Waals surface area contributed by atoms with Gasteiger partial charge in [0.05, 0.1) is 5.02 Å². The van der Waals surface area contributed by atoms with Gasteiger partial charge in [-0.05, 0) is 66.9 Å². The Labute approximate surface area is 208 Å². The molecule has 0 saturated carbocycles. The molecule has 180 valence electrons. The molecule has 3 N–H and O–H groups in total. The Balaban J connectivity index is 1.29. The van der Waals surface area contributed by atoms with Crippen molar-refractivity contribution < 1.29 is 19.5 Å². The number of para-hydroxylation sites is 1. The summed E-state index contributed by atoms with van der Waals surface area (Å²) in [7, 11) is 0. The number of amides is 2. The highest BCUT2D eigenvalue weighted by molar-refractivity contribution is 6.33. The molecule has 0 unspecified atom stereocenters. The number of hydrogen-bond acceptors (Lipinski definition) is 6. The summed E-state index contributed by atoms with van der Waals surface area (Å²) in [5, 5.41) is 12.3. The normalized spacial score (nSPS) is 14.1. The first-order valence-electron chi connectivity index (χ1n) is 11.2. The quantitative estimate of drug-likeness (QED) is 0.249. The van der Waals surface area contributed by atoms with Gasteiger partial charge >= 0.3 is 0 Å². The fourth-order valence-corrected chi connectivity index (χ4v) is 3.98. The molecule has 9 heteroatoms. The number of halogens is 1. The van der Waals surface area contributed by atoms with Crippen molar-refractivity contribution in [3.05, 3.63) is 89.1 Å². The monoisotopic (exact) mass is 492 g/mol. The lowest BCUT2D eigenvalue weighted by Gasteiger charge is -2.33. The average Bonchev–Trinajstić information content (AvgIpc) is 2.89. The number of likely N-dealkylation sites (tertiary alicyclic amines) is 1. The van der Waals surface area contributed by atoms with Crippen molar-refractivity contribution in [2.45, 2.75) is 18.9 Å². The van der Waals surface area contributed by atoms with Crippen molar-refractivity contribution in [1.82, 2.24) is 15.4 Å². The fourth-order valence-electron chi connectivity index (χ4n) is 3.75. The van der Waals surface area contributed by atoms with Crippen LogP contribution < -0.4 is 15.5 Å². The van der Waals surface area contributed by atoms with Gasteiger partial charge in [0.1, 0.15) is 17.3 Å². The van der Waals surface area contributed by atoms with Crippen molar-refractivity contribution in [1.29, 1.82) is 0 Å². The molecular formula is C26H25ClN4O4. The molecule has 35 heavy (non-hydrogen) atoms. The van der Waals surface area contributed by atoms with Crippen LogP contribution in [0.1, 0.15) is 28.8 Å². The van der Waals surface area contributed by atoms with Crippen molar-refractivity contribution in [3.8, 4) is 11.5 Å². The maximum Gasteiger partial charge on any atom is 0.267 e. The molecule has 0 atom stereocenters. The summed E-state index contributed by atoms with van der Waals surface area (Å²) in [6.45, 7) is 1.24. The zero-order valence-electron chi connectivity index (χ0n) is 18.9. The van der Waals surface area contributed by atoms with Gasteiger partial charge in [0.2, 0.25) is 0 Å². The zero-order valence-corrected chi connectivity index (χ0v) is 19.6. The SMILES string of the molecule is O=C(C=Cc1cnc(NC2CCN(C(=O)c3ccc(Oc4ccccc4)cc3)CC2)c(Cl)c1)NO. The Morgan fingerprint density at radius 1 is 1.06 bits per heavy atom. The van der Waals surface area contributed by atoms with Crippen LogP contribution in [-0.4, -0.2) is 46.0 Å². The van der Waals surface area contributed by atoms with E-state index in [0.29, 0.717) is 40.8 Å². The third kappa shape index (κ3) is 6.59. The first-order valence-corrected chi connectivity index (χ1v) is 11.6. The van der Waals surface area contributed by atoms with E-state index in [1.165, 1.54) is 17.6 Å². The minimum absolute atomic E-state index is 0.00563. The number of carbonyl (C=O) groups is 2. The molecule has 3 aromatic rings. The van der Waals surface area contributed by atoms with Crippen LogP contribution in [0.3, 0.4) is 0 Å². The Hall–Kier alpha value is -3.88. The third-order valence-corrected chi connectivity index (χ3v) is 5.89. The molecule has 1 saturated heterocycles. The molecule has 1 aromatic heterocycles. The van der Waals surface area contributed by atoms with Crippen molar-refractivity contribution in [2.24, 2.45) is 0 Å². The summed E-state index contributed by atoms with van der Waals surface area (Å²) in [5.41, 5.74) is 2.78. The molecule has 2 heterocycles. The lowest BCUT2D eigenvalue weighted by atomic mass is 10.0. The van der Waals surface area contributed by atoms with E-state index >= 15 is 0 Å². The van der Waals surface area contributed by atoms with Gasteiger partial charge in [-0.25, -0.2) is 10.5 Å². The number of nitrogens with one attached hydrogen (secondary N) is 2. The smallest absolute Gasteiger partial charge is 0.267 e. The van der Waals surface area contributed by atoms with Crippen molar-refractivity contribution in [2.75, 3.05) is 18.4 Å². The lowest BCUT2D eigenvalue weighted by Crippen LogP contribution is -2.42. The summed E-state index contributed by atoms with van der Waals surface area (Å²) in [4.78, 5) is 30.2. The molecule has 1 aliphatic heterocycles. The van der Waals surface area contributed by atoms with E-state index in [1.807, 2.05) is 35.2 Å². The van der Waals surface area contributed by atoms with Gasteiger partial charge in [0, 0.05) is 37.0 Å². The number of hydrogen-bond donors (Lipinski definition) is 3. The van der Waals surface area contributed by atoms with E-state index in [4.69, 9.17) is 21.5 Å². The Morgan fingerprint density at radius 3 is 2.40 bits per heavy atom. The van der Waals surface area contributed by atoms with Crippen LogP contribution in [-0.2, 0) is 4.79 Å². The molecule has 4 rings (SSSR count). The van der Waals surface area contributed by atoms with Crippen LogP contribution in [0.15, 0.2) is 72.9 Å². The predicted molar refractivity (Wildman–Crippen MR) is 134 cm³/mol. The summed E-state index contributed by atoms with van der Waals surface area (Å²) in [6.07, 6.45) is 5.78. The van der Waals surface area contributed by atoms with Gasteiger partial charge in [-0.3, -0.25) is 14.8 Å². The second kappa shape index (κ2) is 11.5. The van der Waals surface area contributed by atoms with E-state index in [1.54, 1.807) is 36.5 Å². The van der Waals surface area contributed by atoms with Crippen LogP contribution in [0.25, 0.3) is 6.08 Å². The first kappa shape index (κ1) is 24.3. The molecule has 0 aliphatic carbocycles. The molecular weight excluding hydrogens is 468 g/mol. The molecule has 0 spiro atoms. The number of piperidine rings is 1. The molecule has 2 amide bonds. The highest BCUT2D eigenvalue weighted by Gasteiger charge is 2.24. The minimum atomic E-state index is -0.638. The van der Waals surface area contributed by atoms with Crippen LogP contribution in [0, 0.1) is 0 Å². The summed E-state index contributed by atoms with van der Waals surface area (Å²) in [5.74, 6) is 1.33. The van der Waals surface area contributed by atoms with E-state index in [2.05, 4.69) is 10.3 Å². The standard InChI is InChI=1S/C26H25ClN4O4/c27-23-16-18(6-11-24(32)30-34)17-28-25(23)29-20-12-14-31(15-13-20)26(33)19-7-9-22(10-8-19)35-21-4-2-1-3-5-21/h1-11,16-17,20,34H,12-15H2,(H,28,29)(H,30,32). The maximum atomic E-state index is 12.9. The number of anilines is 1. The minimum Gasteiger partial charge on any atom is -0.457 e. The van der Waals surface area contributed by atoms with Gasteiger partial charge in [-0.1, -0.05) is 29.8 Å². The summed E-state index contributed by atoms with van der Waals surface area (Å²) >= 11 is 6.34. The number of nitrogens with zero attached hydrogens (tertiary/aromatic N) is 2. The summed E-state index contributed by atoms with van der Waals surface area (Å²) in [6, 6.07) is 18.5. The number of benzene rings is 2. The van der Waals surface area contributed by atoms with Crippen LogP contribution in [0.2, 0.25) is 5.02 Å². The highest BCUT2D eigenvalue weighted by atomic mass is 35.5. The van der Waals surface area contributed by atoms with Gasteiger partial charge < -0.3 is 15.0 Å².